The summed E-state index contributed by atoms with van der Waals surface area (Å²) in [6.07, 6.45) is 2.65. The lowest BCUT2D eigenvalue weighted by Crippen LogP contribution is -2.32. The summed E-state index contributed by atoms with van der Waals surface area (Å²) in [6.45, 7) is 2.22. The fraction of sp³-hybridized carbons (Fsp3) is 0.941. The number of hydrogen-bond acceptors (Lipinski definition) is 2. The Kier molecular flexibility index (Phi) is 6.16. The molecule has 0 radical (unpaired) electrons. The van der Waals surface area contributed by atoms with Gasteiger partial charge in [-0.25, -0.2) is 0 Å². The summed E-state index contributed by atoms with van der Waals surface area (Å²) in [6, 6.07) is 0. The van der Waals surface area contributed by atoms with Gasteiger partial charge in [-0.05, 0) is 63.2 Å². The van der Waals surface area contributed by atoms with Crippen LogP contribution in [0.2, 0.25) is 0 Å². The molecule has 22 heavy (non-hydrogen) atoms. The molecule has 2 fully saturated rings. The van der Waals surface area contributed by atoms with Crippen molar-refractivity contribution in [3.8, 4) is 0 Å². The Morgan fingerprint density at radius 2 is 1.73 bits per heavy atom. The van der Waals surface area contributed by atoms with Crippen LogP contribution in [0.1, 0.15) is 64.7 Å². The number of carbonyl (C=O) groups is 1. The smallest absolute Gasteiger partial charge is 0.391 e. The molecule has 0 amide bonds. The zero-order valence-electron chi connectivity index (χ0n) is 13.3. The van der Waals surface area contributed by atoms with Crippen LogP contribution >= 0.6 is 0 Å². The van der Waals surface area contributed by atoms with Gasteiger partial charge in [-0.1, -0.05) is 12.8 Å². The third-order valence-corrected chi connectivity index (χ3v) is 5.49. The van der Waals surface area contributed by atoms with Gasteiger partial charge < -0.3 is 4.74 Å². The first-order chi connectivity index (χ1) is 10.4. The lowest BCUT2D eigenvalue weighted by atomic mass is 9.68. The Labute approximate surface area is 130 Å². The van der Waals surface area contributed by atoms with Crippen molar-refractivity contribution in [1.82, 2.24) is 0 Å². The Morgan fingerprint density at radius 3 is 2.32 bits per heavy atom. The molecular weight excluding hydrogens is 293 g/mol. The lowest BCUT2D eigenvalue weighted by Gasteiger charge is -2.38. The molecule has 0 saturated heterocycles. The average molecular weight is 320 g/mol. The van der Waals surface area contributed by atoms with Crippen LogP contribution < -0.4 is 0 Å². The van der Waals surface area contributed by atoms with Crippen LogP contribution in [0.5, 0.6) is 0 Å². The molecular formula is C17H27F3O2. The van der Waals surface area contributed by atoms with Gasteiger partial charge in [-0.3, -0.25) is 4.79 Å². The van der Waals surface area contributed by atoms with Gasteiger partial charge in [0.05, 0.1) is 12.5 Å². The largest absolute Gasteiger partial charge is 0.466 e. The monoisotopic (exact) mass is 320 g/mol. The van der Waals surface area contributed by atoms with E-state index in [0.717, 1.165) is 25.7 Å². The molecule has 2 saturated carbocycles. The average Bonchev–Trinajstić information content (AvgIpc) is 2.47. The molecule has 2 aliphatic carbocycles. The molecule has 5 heteroatoms. The van der Waals surface area contributed by atoms with Crippen molar-refractivity contribution in [3.63, 3.8) is 0 Å². The number of carbonyl (C=O) groups excluding carboxylic acids is 1. The molecule has 0 spiro atoms. The minimum absolute atomic E-state index is 0.131. The van der Waals surface area contributed by atoms with Crippen molar-refractivity contribution < 1.29 is 22.7 Å². The Morgan fingerprint density at radius 1 is 1.05 bits per heavy atom. The zero-order valence-corrected chi connectivity index (χ0v) is 13.3. The fourth-order valence-corrected chi connectivity index (χ4v) is 4.32. The second-order valence-electron chi connectivity index (χ2n) is 6.96. The fourth-order valence-electron chi connectivity index (χ4n) is 4.32. The Hall–Kier alpha value is -0.740. The molecule has 128 valence electrons. The van der Waals surface area contributed by atoms with Crippen LogP contribution in [-0.4, -0.2) is 18.8 Å². The van der Waals surface area contributed by atoms with E-state index in [0.29, 0.717) is 43.6 Å². The van der Waals surface area contributed by atoms with Gasteiger partial charge in [-0.15, -0.1) is 0 Å². The first-order valence-electron chi connectivity index (χ1n) is 8.62. The molecule has 0 aromatic carbocycles. The van der Waals surface area contributed by atoms with Gasteiger partial charge in [0, 0.05) is 6.42 Å². The van der Waals surface area contributed by atoms with E-state index in [9.17, 15) is 18.0 Å². The van der Waals surface area contributed by atoms with Crippen LogP contribution in [0.15, 0.2) is 0 Å². The molecule has 0 N–H and O–H groups in total. The van der Waals surface area contributed by atoms with Crippen molar-refractivity contribution in [2.75, 3.05) is 6.61 Å². The van der Waals surface area contributed by atoms with Gasteiger partial charge in [0.25, 0.3) is 0 Å². The van der Waals surface area contributed by atoms with Crippen molar-refractivity contribution in [2.45, 2.75) is 70.9 Å². The van der Waals surface area contributed by atoms with Crippen molar-refractivity contribution in [1.29, 1.82) is 0 Å². The summed E-state index contributed by atoms with van der Waals surface area (Å²) < 4.78 is 43.2. The predicted octanol–water partition coefficient (Wildman–Crippen LogP) is 5.11. The molecule has 2 rings (SSSR count). The molecule has 2 atom stereocenters. The minimum atomic E-state index is -4.02. The maximum atomic E-state index is 12.7. The zero-order chi connectivity index (χ0) is 16.2. The number of alkyl halides is 3. The minimum Gasteiger partial charge on any atom is -0.466 e. The first-order valence-corrected chi connectivity index (χ1v) is 8.62. The number of rotatable bonds is 4. The van der Waals surface area contributed by atoms with Crippen molar-refractivity contribution in [3.05, 3.63) is 0 Å². The molecule has 0 aromatic rings. The van der Waals surface area contributed by atoms with E-state index >= 15 is 0 Å². The molecule has 2 nitrogen and oxygen atoms in total. The lowest BCUT2D eigenvalue weighted by molar-refractivity contribution is -0.185. The van der Waals surface area contributed by atoms with Gasteiger partial charge in [0.15, 0.2) is 0 Å². The van der Waals surface area contributed by atoms with Gasteiger partial charge in [0.2, 0.25) is 0 Å². The Balaban J connectivity index is 1.79. The standard InChI is InChI=1S/C17H27F3O2/c1-2-22-16(21)11-12-4-3-5-14(10-12)13-6-8-15(9-7-13)17(18,19)20/h12-15H,2-11H2,1H3/t12-,13?,14?,15?/m1/s1. The molecule has 0 aromatic heterocycles. The van der Waals surface area contributed by atoms with E-state index in [2.05, 4.69) is 0 Å². The highest BCUT2D eigenvalue weighted by Crippen LogP contribution is 2.45. The van der Waals surface area contributed by atoms with Crippen LogP contribution in [0.3, 0.4) is 0 Å². The van der Waals surface area contributed by atoms with Gasteiger partial charge in [-0.2, -0.15) is 13.2 Å². The second kappa shape index (κ2) is 7.69. The normalized spacial score (nSPS) is 33.5. The summed E-state index contributed by atoms with van der Waals surface area (Å²) >= 11 is 0. The summed E-state index contributed by atoms with van der Waals surface area (Å²) in [5.74, 6) is 0.0562. The van der Waals surface area contributed by atoms with E-state index in [1.807, 2.05) is 0 Å². The highest BCUT2D eigenvalue weighted by Gasteiger charge is 2.43. The molecule has 2 aliphatic rings. The van der Waals surface area contributed by atoms with E-state index < -0.39 is 12.1 Å². The highest BCUT2D eigenvalue weighted by molar-refractivity contribution is 5.69. The van der Waals surface area contributed by atoms with E-state index in [1.54, 1.807) is 6.92 Å². The van der Waals surface area contributed by atoms with Crippen LogP contribution in [-0.2, 0) is 9.53 Å². The summed E-state index contributed by atoms with van der Waals surface area (Å²) in [5, 5.41) is 0. The number of halogens is 3. The third-order valence-electron chi connectivity index (χ3n) is 5.49. The van der Waals surface area contributed by atoms with Crippen molar-refractivity contribution >= 4 is 5.97 Å². The summed E-state index contributed by atoms with van der Waals surface area (Å²) in [4.78, 5) is 11.6. The number of esters is 1. The predicted molar refractivity (Wildman–Crippen MR) is 78.2 cm³/mol. The Bertz CT molecular complexity index is 359. The van der Waals surface area contributed by atoms with Crippen LogP contribution in [0, 0.1) is 23.7 Å². The van der Waals surface area contributed by atoms with Gasteiger partial charge >= 0.3 is 12.1 Å². The summed E-state index contributed by atoms with van der Waals surface area (Å²) in [5.41, 5.74) is 0. The maximum Gasteiger partial charge on any atom is 0.391 e. The quantitative estimate of drug-likeness (QED) is 0.672. The molecule has 0 aliphatic heterocycles. The first kappa shape index (κ1) is 17.6. The van der Waals surface area contributed by atoms with E-state index in [4.69, 9.17) is 4.74 Å². The topological polar surface area (TPSA) is 26.3 Å². The second-order valence-corrected chi connectivity index (χ2v) is 6.96. The van der Waals surface area contributed by atoms with Gasteiger partial charge in [0.1, 0.15) is 0 Å². The molecule has 0 heterocycles. The summed E-state index contributed by atoms with van der Waals surface area (Å²) in [7, 11) is 0. The van der Waals surface area contributed by atoms with E-state index in [-0.39, 0.29) is 18.8 Å². The SMILES string of the molecule is CCOC(=O)C[C@@H]1CCCC(C2CCC(C(F)(F)F)CC2)C1. The van der Waals surface area contributed by atoms with Crippen LogP contribution in [0.4, 0.5) is 13.2 Å². The van der Waals surface area contributed by atoms with Crippen molar-refractivity contribution in [2.24, 2.45) is 23.7 Å². The van der Waals surface area contributed by atoms with Crippen LogP contribution in [0.25, 0.3) is 0 Å². The number of hydrogen-bond donors (Lipinski definition) is 0. The third kappa shape index (κ3) is 4.88. The molecule has 1 unspecified atom stereocenters. The number of ether oxygens (including phenoxy) is 1. The van der Waals surface area contributed by atoms with E-state index in [1.165, 1.54) is 0 Å². The highest BCUT2D eigenvalue weighted by atomic mass is 19.4. The molecule has 0 bridgehead atoms. The maximum absolute atomic E-state index is 12.7.